The fourth-order valence-corrected chi connectivity index (χ4v) is 4.49. The molecule has 2 aromatic carbocycles. The number of carbonyl (C=O) groups excluding carboxylic acids is 1. The molecule has 4 aromatic rings. The van der Waals surface area contributed by atoms with Crippen LogP contribution in [-0.2, 0) is 0 Å². The molecule has 2 aromatic heterocycles. The van der Waals surface area contributed by atoms with E-state index in [1.54, 1.807) is 44.0 Å². The third-order valence-electron chi connectivity index (χ3n) is 6.36. The molecule has 186 valence electrons. The first kappa shape index (κ1) is 23.4. The Balaban J connectivity index is 1.44. The number of carbonyl (C=O) groups is 1. The first-order valence-electron chi connectivity index (χ1n) is 11.7. The maximum atomic E-state index is 13.4. The third-order valence-corrected chi connectivity index (χ3v) is 6.36. The largest absolute Gasteiger partial charge is 0.497 e. The molecule has 1 fully saturated rings. The van der Waals surface area contributed by atoms with E-state index >= 15 is 0 Å². The van der Waals surface area contributed by atoms with Crippen LogP contribution in [0.1, 0.15) is 16.8 Å². The average Bonchev–Trinajstić information content (AvgIpc) is 3.28. The van der Waals surface area contributed by atoms with E-state index < -0.39 is 0 Å². The number of amides is 1. The van der Waals surface area contributed by atoms with Crippen molar-refractivity contribution in [1.29, 1.82) is 0 Å². The van der Waals surface area contributed by atoms with Crippen molar-refractivity contribution in [3.8, 4) is 28.4 Å². The zero-order chi connectivity index (χ0) is 25.1. The second kappa shape index (κ2) is 10.1. The topological polar surface area (TPSA) is 94.3 Å². The van der Waals surface area contributed by atoms with E-state index in [1.165, 1.54) is 6.33 Å². The van der Waals surface area contributed by atoms with Crippen LogP contribution in [0.2, 0.25) is 0 Å². The van der Waals surface area contributed by atoms with Gasteiger partial charge in [0.1, 0.15) is 29.4 Å². The molecule has 0 atom stereocenters. The van der Waals surface area contributed by atoms with Gasteiger partial charge in [-0.1, -0.05) is 12.1 Å². The van der Waals surface area contributed by atoms with Crippen molar-refractivity contribution in [2.75, 3.05) is 52.4 Å². The highest BCUT2D eigenvalue weighted by molar-refractivity contribution is 5.95. The number of nitrogens with zero attached hydrogens (tertiary/aromatic N) is 6. The lowest BCUT2D eigenvalue weighted by Crippen LogP contribution is -2.36. The Hall–Kier alpha value is -4.34. The Kier molecular flexibility index (Phi) is 6.57. The minimum absolute atomic E-state index is 0.0509. The summed E-state index contributed by atoms with van der Waals surface area (Å²) in [7, 11) is 4.80. The Labute approximate surface area is 209 Å². The van der Waals surface area contributed by atoms with Crippen LogP contribution < -0.4 is 19.1 Å². The molecule has 0 unspecified atom stereocenters. The van der Waals surface area contributed by atoms with Gasteiger partial charge in [0.25, 0.3) is 11.7 Å². The number of rotatable bonds is 6. The molecule has 1 saturated heterocycles. The van der Waals surface area contributed by atoms with Gasteiger partial charge < -0.3 is 24.0 Å². The Morgan fingerprint density at radius 1 is 0.833 bits per heavy atom. The van der Waals surface area contributed by atoms with Gasteiger partial charge in [0.2, 0.25) is 0 Å². The van der Waals surface area contributed by atoms with Gasteiger partial charge >= 0.3 is 0 Å². The summed E-state index contributed by atoms with van der Waals surface area (Å²) in [5, 5.41) is 4.45. The van der Waals surface area contributed by atoms with Gasteiger partial charge in [-0.2, -0.15) is 14.6 Å². The van der Waals surface area contributed by atoms with Crippen LogP contribution in [0, 0.1) is 0 Å². The molecule has 1 aliphatic heterocycles. The molecule has 0 aliphatic carbocycles. The number of methoxy groups -OCH3 is 3. The lowest BCUT2D eigenvalue weighted by molar-refractivity contribution is 0.0766. The standard InChI is InChI=1S/C26H28N6O4/c1-34-20-7-5-18(6-8-20)23-16-27-26-28-17-29-32(26)24(23)30-9-4-10-31(12-11-30)25(33)19-13-21(35-2)15-22(14-19)36-3/h5-8,13-17H,4,9-12H2,1-3H3. The fraction of sp³-hybridized carbons (Fsp3) is 0.308. The second-order valence-corrected chi connectivity index (χ2v) is 8.43. The van der Waals surface area contributed by atoms with Crippen LogP contribution in [0.15, 0.2) is 55.0 Å². The molecule has 0 saturated carbocycles. The number of hydrogen-bond donors (Lipinski definition) is 0. The van der Waals surface area contributed by atoms with Crippen molar-refractivity contribution < 1.29 is 19.0 Å². The van der Waals surface area contributed by atoms with Crippen molar-refractivity contribution >= 4 is 17.5 Å². The summed E-state index contributed by atoms with van der Waals surface area (Å²) < 4.78 is 17.8. The van der Waals surface area contributed by atoms with Crippen LogP contribution in [0.3, 0.4) is 0 Å². The molecule has 0 bridgehead atoms. The molecular weight excluding hydrogens is 460 g/mol. The summed E-state index contributed by atoms with van der Waals surface area (Å²) in [6.07, 6.45) is 4.14. The molecule has 36 heavy (non-hydrogen) atoms. The van der Waals surface area contributed by atoms with Gasteiger partial charge in [-0.05, 0) is 36.2 Å². The smallest absolute Gasteiger partial charge is 0.254 e. The Morgan fingerprint density at radius 2 is 1.56 bits per heavy atom. The molecule has 0 spiro atoms. The number of aromatic nitrogens is 4. The van der Waals surface area contributed by atoms with Crippen molar-refractivity contribution in [2.45, 2.75) is 6.42 Å². The van der Waals surface area contributed by atoms with Gasteiger partial charge in [-0.3, -0.25) is 4.79 Å². The lowest BCUT2D eigenvalue weighted by Gasteiger charge is -2.26. The number of ether oxygens (including phenoxy) is 3. The molecule has 5 rings (SSSR count). The molecule has 0 N–H and O–H groups in total. The summed E-state index contributed by atoms with van der Waals surface area (Å²) in [4.78, 5) is 26.3. The van der Waals surface area contributed by atoms with Gasteiger partial charge in [-0.25, -0.2) is 4.98 Å². The van der Waals surface area contributed by atoms with E-state index in [9.17, 15) is 4.79 Å². The van der Waals surface area contributed by atoms with Crippen LogP contribution in [0.4, 0.5) is 5.82 Å². The molecule has 1 aliphatic rings. The van der Waals surface area contributed by atoms with Crippen molar-refractivity contribution in [1.82, 2.24) is 24.5 Å². The van der Waals surface area contributed by atoms with Gasteiger partial charge in [0.15, 0.2) is 0 Å². The van der Waals surface area contributed by atoms with E-state index in [4.69, 9.17) is 14.2 Å². The number of hydrogen-bond acceptors (Lipinski definition) is 8. The monoisotopic (exact) mass is 488 g/mol. The molecule has 10 heteroatoms. The number of fused-ring (bicyclic) bond motifs is 1. The summed E-state index contributed by atoms with van der Waals surface area (Å²) in [6.45, 7) is 2.58. The normalized spacial score (nSPS) is 14.0. The van der Waals surface area contributed by atoms with Crippen LogP contribution >= 0.6 is 0 Å². The van der Waals surface area contributed by atoms with Crippen molar-refractivity contribution in [2.24, 2.45) is 0 Å². The molecule has 1 amide bonds. The van der Waals surface area contributed by atoms with E-state index in [0.717, 1.165) is 35.7 Å². The number of anilines is 1. The second-order valence-electron chi connectivity index (χ2n) is 8.43. The van der Waals surface area contributed by atoms with Crippen LogP contribution in [0.5, 0.6) is 17.2 Å². The third kappa shape index (κ3) is 4.49. The lowest BCUT2D eigenvalue weighted by atomic mass is 10.1. The predicted molar refractivity (Wildman–Crippen MR) is 135 cm³/mol. The zero-order valence-electron chi connectivity index (χ0n) is 20.5. The highest BCUT2D eigenvalue weighted by atomic mass is 16.5. The summed E-state index contributed by atoms with van der Waals surface area (Å²) in [6, 6.07) is 13.1. The molecule has 0 radical (unpaired) electrons. The molecule has 3 heterocycles. The van der Waals surface area contributed by atoms with E-state index in [-0.39, 0.29) is 5.91 Å². The van der Waals surface area contributed by atoms with Gasteiger partial charge in [0.05, 0.1) is 21.3 Å². The maximum Gasteiger partial charge on any atom is 0.254 e. The predicted octanol–water partition coefficient (Wildman–Crippen LogP) is 3.17. The fourth-order valence-electron chi connectivity index (χ4n) is 4.49. The summed E-state index contributed by atoms with van der Waals surface area (Å²) >= 11 is 0. The SMILES string of the molecule is COc1ccc(-c2cnc3ncnn3c2N2CCCN(C(=O)c3cc(OC)cc(OC)c3)CC2)cc1. The van der Waals surface area contributed by atoms with Crippen molar-refractivity contribution in [3.05, 3.63) is 60.6 Å². The van der Waals surface area contributed by atoms with E-state index in [2.05, 4.69) is 20.0 Å². The van der Waals surface area contributed by atoms with E-state index in [0.29, 0.717) is 42.5 Å². The maximum absolute atomic E-state index is 13.4. The van der Waals surface area contributed by atoms with Crippen molar-refractivity contribution in [3.63, 3.8) is 0 Å². The Bertz CT molecular complexity index is 1350. The quantitative estimate of drug-likeness (QED) is 0.409. The van der Waals surface area contributed by atoms with Gasteiger partial charge in [-0.15, -0.1) is 0 Å². The molecular formula is C26H28N6O4. The summed E-state index contributed by atoms with van der Waals surface area (Å²) in [5.41, 5.74) is 2.48. The molecule has 10 nitrogen and oxygen atoms in total. The first-order valence-corrected chi connectivity index (χ1v) is 11.7. The zero-order valence-corrected chi connectivity index (χ0v) is 20.5. The first-order chi connectivity index (χ1) is 17.6. The highest BCUT2D eigenvalue weighted by Gasteiger charge is 2.25. The minimum atomic E-state index is -0.0509. The van der Waals surface area contributed by atoms with Gasteiger partial charge in [0, 0.05) is 49.6 Å². The summed E-state index contributed by atoms with van der Waals surface area (Å²) in [5.74, 6) is 3.34. The van der Waals surface area contributed by atoms with Crippen LogP contribution in [0.25, 0.3) is 16.9 Å². The average molecular weight is 489 g/mol. The minimum Gasteiger partial charge on any atom is -0.497 e. The highest BCUT2D eigenvalue weighted by Crippen LogP contribution is 2.32. The van der Waals surface area contributed by atoms with Crippen LogP contribution in [-0.4, -0.2) is 77.9 Å². The number of benzene rings is 2. The van der Waals surface area contributed by atoms with E-state index in [1.807, 2.05) is 35.4 Å². The Morgan fingerprint density at radius 3 is 2.25 bits per heavy atom.